The van der Waals surface area contributed by atoms with Crippen molar-refractivity contribution in [2.45, 2.75) is 25.7 Å². The van der Waals surface area contributed by atoms with E-state index in [1.54, 1.807) is 6.92 Å². The van der Waals surface area contributed by atoms with E-state index in [1.807, 2.05) is 0 Å². The van der Waals surface area contributed by atoms with Gasteiger partial charge in [0.2, 0.25) is 0 Å². The quantitative estimate of drug-likeness (QED) is 0.812. The summed E-state index contributed by atoms with van der Waals surface area (Å²) in [7, 11) is 1.48. The van der Waals surface area contributed by atoms with Crippen LogP contribution in [0, 0.1) is 6.92 Å². The molecule has 0 bridgehead atoms. The molecule has 5 heteroatoms. The second-order valence-corrected chi connectivity index (χ2v) is 3.64. The number of aryl methyl sites for hydroxylation is 1. The van der Waals surface area contributed by atoms with Gasteiger partial charge in [0.1, 0.15) is 5.56 Å². The van der Waals surface area contributed by atoms with E-state index in [0.29, 0.717) is 11.4 Å². The summed E-state index contributed by atoms with van der Waals surface area (Å²) in [6, 6.07) is 0.249. The zero-order valence-corrected chi connectivity index (χ0v) is 8.65. The predicted molar refractivity (Wildman–Crippen MR) is 52.3 cm³/mol. The van der Waals surface area contributed by atoms with Gasteiger partial charge in [0.25, 0.3) is 0 Å². The summed E-state index contributed by atoms with van der Waals surface area (Å²) in [5, 5.41) is 9.07. The molecule has 1 N–H and O–H groups in total. The molecule has 0 aliphatic heterocycles. The van der Waals surface area contributed by atoms with Crippen molar-refractivity contribution in [1.82, 2.24) is 9.97 Å². The third-order valence-electron chi connectivity index (χ3n) is 2.46. The highest BCUT2D eigenvalue weighted by Crippen LogP contribution is 2.41. The largest absolute Gasteiger partial charge is 0.478 e. The predicted octanol–water partition coefficient (Wildman–Crippen LogP) is 1.37. The number of rotatable bonds is 3. The van der Waals surface area contributed by atoms with Gasteiger partial charge in [0, 0.05) is 5.92 Å². The number of hydrogen-bond acceptors (Lipinski definition) is 4. The molecule has 1 aromatic rings. The first-order chi connectivity index (χ1) is 7.13. The third-order valence-corrected chi connectivity index (χ3v) is 2.46. The Bertz CT molecular complexity index is 413. The molecule has 1 aliphatic rings. The van der Waals surface area contributed by atoms with Gasteiger partial charge < -0.3 is 9.84 Å². The lowest BCUT2D eigenvalue weighted by Gasteiger charge is -2.08. The summed E-state index contributed by atoms with van der Waals surface area (Å²) in [5.41, 5.74) is 1.32. The zero-order valence-electron chi connectivity index (χ0n) is 8.65. The molecule has 0 aromatic carbocycles. The van der Waals surface area contributed by atoms with Crippen molar-refractivity contribution in [2.24, 2.45) is 0 Å². The van der Waals surface area contributed by atoms with Crippen LogP contribution in [0.4, 0.5) is 0 Å². The summed E-state index contributed by atoms with van der Waals surface area (Å²) in [5.74, 6) is -0.691. The van der Waals surface area contributed by atoms with Gasteiger partial charge in [-0.25, -0.2) is 4.79 Å². The minimum absolute atomic E-state index is 0.235. The second-order valence-electron chi connectivity index (χ2n) is 3.64. The minimum atomic E-state index is -0.961. The fourth-order valence-electron chi connectivity index (χ4n) is 1.58. The van der Waals surface area contributed by atoms with E-state index in [1.165, 1.54) is 7.11 Å². The maximum absolute atomic E-state index is 11.1. The molecule has 0 amide bonds. The molecule has 2 rings (SSSR count). The van der Waals surface area contributed by atoms with E-state index < -0.39 is 5.97 Å². The number of carboxylic acid groups (broad SMARTS) is 1. The third kappa shape index (κ3) is 1.77. The van der Waals surface area contributed by atoms with Crippen LogP contribution in [0.1, 0.15) is 40.5 Å². The normalized spacial score (nSPS) is 15.1. The monoisotopic (exact) mass is 208 g/mol. The molecule has 5 nitrogen and oxygen atoms in total. The molecule has 1 heterocycles. The molecule has 0 atom stereocenters. The molecular formula is C10H12N2O3. The average molecular weight is 208 g/mol. The summed E-state index contributed by atoms with van der Waals surface area (Å²) in [4.78, 5) is 19.1. The zero-order chi connectivity index (χ0) is 11.0. The standard InChI is InChI=1S/C10H12N2O3/c1-5-7(9(13)14)8(6-3-4-6)12-10(11-5)15-2/h6H,3-4H2,1-2H3,(H,13,14). The van der Waals surface area contributed by atoms with Gasteiger partial charge in [-0.15, -0.1) is 0 Å². The van der Waals surface area contributed by atoms with Crippen molar-refractivity contribution in [2.75, 3.05) is 7.11 Å². The molecule has 1 aromatic heterocycles. The van der Waals surface area contributed by atoms with Crippen LogP contribution in [0.15, 0.2) is 0 Å². The Hall–Kier alpha value is -1.65. The number of hydrogen-bond donors (Lipinski definition) is 1. The smallest absolute Gasteiger partial charge is 0.339 e. The van der Waals surface area contributed by atoms with Crippen LogP contribution in [0.5, 0.6) is 6.01 Å². The van der Waals surface area contributed by atoms with Crippen LogP contribution in [-0.2, 0) is 0 Å². The van der Waals surface area contributed by atoms with Crippen LogP contribution in [0.3, 0.4) is 0 Å². The summed E-state index contributed by atoms with van der Waals surface area (Å²) >= 11 is 0. The molecule has 15 heavy (non-hydrogen) atoms. The maximum atomic E-state index is 11.1. The van der Waals surface area contributed by atoms with Crippen LogP contribution >= 0.6 is 0 Å². The number of methoxy groups -OCH3 is 1. The van der Waals surface area contributed by atoms with Gasteiger partial charge in [-0.05, 0) is 19.8 Å². The Kier molecular flexibility index (Phi) is 2.30. The molecule has 80 valence electrons. The van der Waals surface area contributed by atoms with Gasteiger partial charge in [0.05, 0.1) is 18.5 Å². The first-order valence-corrected chi connectivity index (χ1v) is 4.79. The fraction of sp³-hybridized carbons (Fsp3) is 0.500. The molecule has 0 radical (unpaired) electrons. The van der Waals surface area contributed by atoms with E-state index in [0.717, 1.165) is 12.8 Å². The molecule has 0 spiro atoms. The summed E-state index contributed by atoms with van der Waals surface area (Å²) in [6.45, 7) is 1.67. The second kappa shape index (κ2) is 3.49. The molecule has 1 saturated carbocycles. The summed E-state index contributed by atoms with van der Waals surface area (Å²) in [6.07, 6.45) is 2.00. The lowest BCUT2D eigenvalue weighted by atomic mass is 10.1. The number of carboxylic acids is 1. The number of carbonyl (C=O) groups is 1. The van der Waals surface area contributed by atoms with Crippen molar-refractivity contribution < 1.29 is 14.6 Å². The number of ether oxygens (including phenoxy) is 1. The number of nitrogens with zero attached hydrogens (tertiary/aromatic N) is 2. The van der Waals surface area contributed by atoms with Crippen molar-refractivity contribution in [1.29, 1.82) is 0 Å². The first-order valence-electron chi connectivity index (χ1n) is 4.79. The first kappa shape index (κ1) is 9.89. The van der Waals surface area contributed by atoms with Crippen molar-refractivity contribution in [3.8, 4) is 6.01 Å². The Morgan fingerprint density at radius 1 is 1.47 bits per heavy atom. The average Bonchev–Trinajstić information content (AvgIpc) is 2.98. The Balaban J connectivity index is 2.55. The molecule has 1 aliphatic carbocycles. The van der Waals surface area contributed by atoms with Crippen LogP contribution in [0.2, 0.25) is 0 Å². The number of aromatic carboxylic acids is 1. The minimum Gasteiger partial charge on any atom is -0.478 e. The SMILES string of the molecule is COc1nc(C)c(C(=O)O)c(C2CC2)n1. The molecule has 0 unspecified atom stereocenters. The molecular weight excluding hydrogens is 196 g/mol. The Labute approximate surface area is 87.1 Å². The molecule has 0 saturated heterocycles. The van der Waals surface area contributed by atoms with E-state index in [-0.39, 0.29) is 17.5 Å². The Morgan fingerprint density at radius 3 is 2.60 bits per heavy atom. The van der Waals surface area contributed by atoms with Crippen molar-refractivity contribution in [3.63, 3.8) is 0 Å². The van der Waals surface area contributed by atoms with E-state index >= 15 is 0 Å². The van der Waals surface area contributed by atoms with Gasteiger partial charge in [-0.1, -0.05) is 0 Å². The molecule has 1 fully saturated rings. The lowest BCUT2D eigenvalue weighted by Crippen LogP contribution is -2.10. The van der Waals surface area contributed by atoms with E-state index in [2.05, 4.69) is 9.97 Å². The number of aromatic nitrogens is 2. The van der Waals surface area contributed by atoms with Gasteiger partial charge >= 0.3 is 12.0 Å². The maximum Gasteiger partial charge on any atom is 0.339 e. The van der Waals surface area contributed by atoms with E-state index in [9.17, 15) is 4.79 Å². The van der Waals surface area contributed by atoms with Crippen molar-refractivity contribution in [3.05, 3.63) is 17.0 Å². The summed E-state index contributed by atoms with van der Waals surface area (Å²) < 4.78 is 4.93. The van der Waals surface area contributed by atoms with Crippen LogP contribution in [0.25, 0.3) is 0 Å². The van der Waals surface area contributed by atoms with E-state index in [4.69, 9.17) is 9.84 Å². The van der Waals surface area contributed by atoms with Crippen LogP contribution < -0.4 is 4.74 Å². The van der Waals surface area contributed by atoms with Gasteiger partial charge in [0.15, 0.2) is 0 Å². The highest BCUT2D eigenvalue weighted by atomic mass is 16.5. The highest BCUT2D eigenvalue weighted by molar-refractivity contribution is 5.90. The van der Waals surface area contributed by atoms with Gasteiger partial charge in [-0.2, -0.15) is 9.97 Å². The van der Waals surface area contributed by atoms with Gasteiger partial charge in [-0.3, -0.25) is 0 Å². The van der Waals surface area contributed by atoms with Crippen molar-refractivity contribution >= 4 is 5.97 Å². The van der Waals surface area contributed by atoms with Crippen LogP contribution in [-0.4, -0.2) is 28.2 Å². The fourth-order valence-corrected chi connectivity index (χ4v) is 1.58. The Morgan fingerprint density at radius 2 is 2.13 bits per heavy atom. The highest BCUT2D eigenvalue weighted by Gasteiger charge is 2.32. The topological polar surface area (TPSA) is 72.3 Å². The lowest BCUT2D eigenvalue weighted by molar-refractivity contribution is 0.0693.